The van der Waals surface area contributed by atoms with Gasteiger partial charge in [0.25, 0.3) is 0 Å². The summed E-state index contributed by atoms with van der Waals surface area (Å²) in [7, 11) is 6.39. The summed E-state index contributed by atoms with van der Waals surface area (Å²) in [6.45, 7) is 19.3. The van der Waals surface area contributed by atoms with E-state index in [2.05, 4.69) is 166 Å². The first-order chi connectivity index (χ1) is 19.6. The van der Waals surface area contributed by atoms with E-state index in [1.165, 1.54) is 44.4 Å². The van der Waals surface area contributed by atoms with Gasteiger partial charge in [0.15, 0.2) is 22.1 Å². The summed E-state index contributed by atoms with van der Waals surface area (Å²) in [6.07, 6.45) is 6.39. The highest BCUT2D eigenvalue weighted by Crippen LogP contribution is 2.35. The first kappa shape index (κ1) is 28.2. The number of aromatic nitrogens is 6. The third-order valence-corrected chi connectivity index (χ3v) is 8.96. The van der Waals surface area contributed by atoms with E-state index in [9.17, 15) is 0 Å². The minimum absolute atomic E-state index is 0.0271. The topological polar surface area (TPSA) is 35.4 Å². The van der Waals surface area contributed by atoms with Crippen LogP contribution in [0.5, 0.6) is 0 Å². The first-order valence-corrected chi connectivity index (χ1v) is 15.0. The van der Waals surface area contributed by atoms with Crippen LogP contribution in [0.15, 0.2) is 67.5 Å². The zero-order valence-electron chi connectivity index (χ0n) is 27.2. The molecule has 0 aliphatic rings. The summed E-state index contributed by atoms with van der Waals surface area (Å²) in [5.41, 5.74) is 12.4. The van der Waals surface area contributed by atoms with Gasteiger partial charge in [-0.2, -0.15) is 4.57 Å². The standard InChI is InChI=1S/C36H46N6/c1-34(2,3)25-13-12-14-29-33(25)40(11)22-41(29)20-36(7,8)24-15-16-28-32(17-24)39(10)23-42(28)30-19-31-27(37-21-38(31)9)18-26(30)35(4,5)6/h12-19,21-23H,20H2,1-11H3/q+2. The molecule has 3 aromatic carbocycles. The Morgan fingerprint density at radius 2 is 1.45 bits per heavy atom. The second kappa shape index (κ2) is 9.29. The van der Waals surface area contributed by atoms with Crippen molar-refractivity contribution in [2.75, 3.05) is 0 Å². The van der Waals surface area contributed by atoms with E-state index in [0.717, 1.165) is 17.6 Å². The molecular formula is C36H46N6+2. The minimum Gasteiger partial charge on any atom is -0.334 e. The number of hydrogen-bond donors (Lipinski definition) is 0. The molecule has 0 N–H and O–H groups in total. The van der Waals surface area contributed by atoms with E-state index >= 15 is 0 Å². The molecule has 0 aliphatic carbocycles. The van der Waals surface area contributed by atoms with Gasteiger partial charge in [-0.3, -0.25) is 0 Å². The molecule has 0 saturated carbocycles. The molecule has 3 heterocycles. The third-order valence-electron chi connectivity index (χ3n) is 8.96. The van der Waals surface area contributed by atoms with Crippen molar-refractivity contribution in [3.63, 3.8) is 0 Å². The number of nitrogens with zero attached hydrogens (tertiary/aromatic N) is 6. The molecule has 6 aromatic rings. The normalized spacial score (nSPS) is 13.2. The lowest BCUT2D eigenvalue weighted by Gasteiger charge is -2.23. The van der Waals surface area contributed by atoms with Crippen LogP contribution in [0.3, 0.4) is 0 Å². The summed E-state index contributed by atoms with van der Waals surface area (Å²) >= 11 is 0. The number of benzene rings is 3. The molecule has 6 heteroatoms. The van der Waals surface area contributed by atoms with Crippen LogP contribution in [0.25, 0.3) is 38.8 Å². The Labute approximate surface area is 249 Å². The molecule has 6 rings (SSSR count). The predicted molar refractivity (Wildman–Crippen MR) is 172 cm³/mol. The van der Waals surface area contributed by atoms with Gasteiger partial charge >= 0.3 is 0 Å². The maximum atomic E-state index is 4.65. The maximum absolute atomic E-state index is 4.65. The molecule has 0 aliphatic heterocycles. The fraction of sp³-hybridized carbons (Fsp3) is 0.417. The highest BCUT2D eigenvalue weighted by atomic mass is 15.1. The molecule has 0 amide bonds. The van der Waals surface area contributed by atoms with Gasteiger partial charge < -0.3 is 4.57 Å². The second-order valence-electron chi connectivity index (χ2n) is 14.9. The van der Waals surface area contributed by atoms with Crippen LogP contribution < -0.4 is 9.13 Å². The van der Waals surface area contributed by atoms with Crippen molar-refractivity contribution >= 4 is 33.1 Å². The predicted octanol–water partition coefficient (Wildman–Crippen LogP) is 6.69. The van der Waals surface area contributed by atoms with Crippen molar-refractivity contribution in [2.24, 2.45) is 21.1 Å². The Balaban J connectivity index is 1.44. The lowest BCUT2D eigenvalue weighted by Crippen LogP contribution is -2.30. The molecule has 6 nitrogen and oxygen atoms in total. The number of hydrogen-bond acceptors (Lipinski definition) is 1. The van der Waals surface area contributed by atoms with E-state index in [4.69, 9.17) is 0 Å². The summed E-state index contributed by atoms with van der Waals surface area (Å²) in [6, 6.07) is 18.3. The van der Waals surface area contributed by atoms with Crippen LogP contribution in [-0.2, 0) is 43.9 Å². The molecule has 0 unspecified atom stereocenters. The van der Waals surface area contributed by atoms with Gasteiger partial charge in [-0.05, 0) is 40.7 Å². The summed E-state index contributed by atoms with van der Waals surface area (Å²) < 4.78 is 11.4. The average molecular weight is 563 g/mol. The van der Waals surface area contributed by atoms with Crippen molar-refractivity contribution in [1.29, 1.82) is 0 Å². The average Bonchev–Trinajstić information content (AvgIpc) is 3.54. The van der Waals surface area contributed by atoms with Gasteiger partial charge in [-0.15, -0.1) is 0 Å². The van der Waals surface area contributed by atoms with Crippen LogP contribution in [0, 0.1) is 0 Å². The van der Waals surface area contributed by atoms with E-state index < -0.39 is 0 Å². The van der Waals surface area contributed by atoms with Crippen LogP contribution in [-0.4, -0.2) is 18.7 Å². The monoisotopic (exact) mass is 562 g/mol. The zero-order valence-corrected chi connectivity index (χ0v) is 27.2. The smallest absolute Gasteiger partial charge is 0.249 e. The number of fused-ring (bicyclic) bond motifs is 3. The molecule has 0 radical (unpaired) electrons. The lowest BCUT2D eigenvalue weighted by molar-refractivity contribution is -0.646. The van der Waals surface area contributed by atoms with E-state index in [1.807, 2.05) is 6.33 Å². The van der Waals surface area contributed by atoms with Gasteiger partial charge in [0.05, 0.1) is 38.0 Å². The van der Waals surface area contributed by atoms with Crippen molar-refractivity contribution in [3.05, 3.63) is 84.2 Å². The Hall–Kier alpha value is -3.93. The van der Waals surface area contributed by atoms with Crippen molar-refractivity contribution in [2.45, 2.75) is 78.2 Å². The van der Waals surface area contributed by atoms with E-state index in [-0.39, 0.29) is 16.2 Å². The van der Waals surface area contributed by atoms with Gasteiger partial charge in [0, 0.05) is 29.7 Å². The van der Waals surface area contributed by atoms with Crippen LogP contribution in [0.4, 0.5) is 0 Å². The number of imidazole rings is 3. The Bertz CT molecular complexity index is 1980. The molecular weight excluding hydrogens is 516 g/mol. The molecule has 0 bridgehead atoms. The van der Waals surface area contributed by atoms with Crippen molar-refractivity contribution < 1.29 is 9.13 Å². The Morgan fingerprint density at radius 1 is 0.738 bits per heavy atom. The summed E-state index contributed by atoms with van der Waals surface area (Å²) in [5, 5.41) is 0. The second-order valence-corrected chi connectivity index (χ2v) is 14.9. The van der Waals surface area contributed by atoms with E-state index in [0.29, 0.717) is 0 Å². The highest BCUT2D eigenvalue weighted by molar-refractivity contribution is 5.83. The molecule has 3 aromatic heterocycles. The SMILES string of the molecule is Cn1cnc2cc(C(C)(C)C)c(-n3c[n+](C)c4cc(C(C)(C)Cn5c[n+](C)c6c(C(C)(C)C)cccc65)ccc43)cc21. The quantitative estimate of drug-likeness (QED) is 0.220. The largest absolute Gasteiger partial charge is 0.334 e. The first-order valence-electron chi connectivity index (χ1n) is 15.0. The minimum atomic E-state index is -0.0792. The fourth-order valence-corrected chi connectivity index (χ4v) is 6.59. The van der Waals surface area contributed by atoms with Crippen molar-refractivity contribution in [3.8, 4) is 5.69 Å². The van der Waals surface area contributed by atoms with Gasteiger partial charge in [0.2, 0.25) is 12.7 Å². The van der Waals surface area contributed by atoms with Gasteiger partial charge in [-0.1, -0.05) is 73.6 Å². The highest BCUT2D eigenvalue weighted by Gasteiger charge is 2.31. The Morgan fingerprint density at radius 3 is 2.14 bits per heavy atom. The molecule has 42 heavy (non-hydrogen) atoms. The van der Waals surface area contributed by atoms with Crippen LogP contribution in [0.1, 0.15) is 72.1 Å². The Kier molecular flexibility index (Phi) is 6.23. The zero-order chi connectivity index (χ0) is 30.4. The molecule has 218 valence electrons. The molecule has 0 fully saturated rings. The fourth-order valence-electron chi connectivity index (χ4n) is 6.59. The van der Waals surface area contributed by atoms with Gasteiger partial charge in [0.1, 0.15) is 5.69 Å². The number of aryl methyl sites for hydroxylation is 3. The summed E-state index contributed by atoms with van der Waals surface area (Å²) in [5.74, 6) is 0. The van der Waals surface area contributed by atoms with E-state index in [1.54, 1.807) is 0 Å². The summed E-state index contributed by atoms with van der Waals surface area (Å²) in [4.78, 5) is 4.65. The number of para-hydroxylation sites is 1. The van der Waals surface area contributed by atoms with Crippen LogP contribution in [0.2, 0.25) is 0 Å². The van der Waals surface area contributed by atoms with Gasteiger partial charge in [-0.25, -0.2) is 18.7 Å². The van der Waals surface area contributed by atoms with Crippen molar-refractivity contribution in [1.82, 2.24) is 18.7 Å². The molecule has 0 atom stereocenters. The molecule has 0 spiro atoms. The van der Waals surface area contributed by atoms with Crippen LogP contribution >= 0.6 is 0 Å². The number of rotatable bonds is 4. The third kappa shape index (κ3) is 4.52. The lowest BCUT2D eigenvalue weighted by atomic mass is 9.84. The maximum Gasteiger partial charge on any atom is 0.249 e. The molecule has 0 saturated heterocycles.